The van der Waals surface area contributed by atoms with Crippen molar-refractivity contribution in [2.75, 3.05) is 19.0 Å². The number of carbonyl (C=O) groups is 3. The van der Waals surface area contributed by atoms with Crippen molar-refractivity contribution >= 4 is 23.7 Å². The number of benzene rings is 2. The molecule has 8 nitrogen and oxygen atoms in total. The van der Waals surface area contributed by atoms with Gasteiger partial charge in [0.25, 0.3) is 0 Å². The quantitative estimate of drug-likeness (QED) is 0.375. The third-order valence-electron chi connectivity index (χ3n) is 4.61. The highest BCUT2D eigenvalue weighted by molar-refractivity contribution is 5.95. The summed E-state index contributed by atoms with van der Waals surface area (Å²) in [5.74, 6) is -0.634. The van der Waals surface area contributed by atoms with Gasteiger partial charge in [0.05, 0.1) is 13.2 Å². The Hall–Kier alpha value is -3.39. The van der Waals surface area contributed by atoms with Crippen LogP contribution in [0.3, 0.4) is 0 Å². The third kappa shape index (κ3) is 8.88. The second-order valence-corrected chi connectivity index (χ2v) is 6.96. The molecule has 0 radical (unpaired) electrons. The lowest BCUT2D eigenvalue weighted by Gasteiger charge is -2.15. The number of ether oxygens (including phenoxy) is 2. The number of para-hydroxylation sites is 1. The number of rotatable bonds is 11. The zero-order valence-corrected chi connectivity index (χ0v) is 17.6. The predicted molar refractivity (Wildman–Crippen MR) is 117 cm³/mol. The van der Waals surface area contributed by atoms with Gasteiger partial charge in [0.2, 0.25) is 5.91 Å². The average molecular weight is 428 g/mol. The van der Waals surface area contributed by atoms with Gasteiger partial charge in [-0.05, 0) is 36.5 Å². The lowest BCUT2D eigenvalue weighted by molar-refractivity contribution is -0.140. The second kappa shape index (κ2) is 13.0. The standard InChI is InChI=1S/C23H29N3O5/c1-30-21(27)14-13-18-10-5-6-12-20(18)26-22(28)19(24)11-7-15-25-23(29)31-16-17-8-3-2-4-9-17/h2-6,8-10,12,19H,7,11,13-16,24H2,1H3,(H,25,29)(H,26,28)/t19-/m0/s1. The predicted octanol–water partition coefficient (Wildman–Crippen LogP) is 2.76. The van der Waals surface area contributed by atoms with Crippen LogP contribution in [-0.4, -0.2) is 37.7 Å². The van der Waals surface area contributed by atoms with Crippen LogP contribution in [0.5, 0.6) is 0 Å². The number of amides is 2. The lowest BCUT2D eigenvalue weighted by Crippen LogP contribution is -2.36. The summed E-state index contributed by atoms with van der Waals surface area (Å²) < 4.78 is 9.78. The topological polar surface area (TPSA) is 120 Å². The molecule has 0 aliphatic rings. The van der Waals surface area contributed by atoms with E-state index in [0.29, 0.717) is 31.5 Å². The van der Waals surface area contributed by atoms with E-state index in [2.05, 4.69) is 15.4 Å². The maximum absolute atomic E-state index is 12.4. The molecule has 0 aliphatic heterocycles. The number of hydrogen-bond acceptors (Lipinski definition) is 6. The van der Waals surface area contributed by atoms with Gasteiger partial charge in [-0.15, -0.1) is 0 Å². The molecule has 2 aromatic rings. The molecule has 0 spiro atoms. The van der Waals surface area contributed by atoms with Crippen molar-refractivity contribution in [3.63, 3.8) is 0 Å². The van der Waals surface area contributed by atoms with Gasteiger partial charge in [-0.3, -0.25) is 9.59 Å². The van der Waals surface area contributed by atoms with Crippen LogP contribution in [0.15, 0.2) is 54.6 Å². The van der Waals surface area contributed by atoms with E-state index in [-0.39, 0.29) is 24.9 Å². The van der Waals surface area contributed by atoms with Crippen LogP contribution in [0.4, 0.5) is 10.5 Å². The summed E-state index contributed by atoms with van der Waals surface area (Å²) in [4.78, 5) is 35.5. The Morgan fingerprint density at radius 2 is 1.74 bits per heavy atom. The van der Waals surface area contributed by atoms with Crippen molar-refractivity contribution in [2.45, 2.75) is 38.3 Å². The molecule has 2 amide bonds. The van der Waals surface area contributed by atoms with Crippen molar-refractivity contribution in [3.05, 3.63) is 65.7 Å². The number of hydrogen-bond donors (Lipinski definition) is 3. The first-order chi connectivity index (χ1) is 15.0. The molecule has 31 heavy (non-hydrogen) atoms. The van der Waals surface area contributed by atoms with Crippen molar-refractivity contribution < 1.29 is 23.9 Å². The molecule has 0 fully saturated rings. The molecule has 0 saturated carbocycles. The minimum atomic E-state index is -0.726. The maximum atomic E-state index is 12.4. The molecule has 4 N–H and O–H groups in total. The van der Waals surface area contributed by atoms with E-state index in [1.807, 2.05) is 42.5 Å². The van der Waals surface area contributed by atoms with E-state index in [1.165, 1.54) is 7.11 Å². The highest BCUT2D eigenvalue weighted by Crippen LogP contribution is 2.17. The Bertz CT molecular complexity index is 857. The Kier molecular flexibility index (Phi) is 10.0. The van der Waals surface area contributed by atoms with Crippen LogP contribution in [0.1, 0.15) is 30.4 Å². The molecule has 2 rings (SSSR count). The Balaban J connectivity index is 1.69. The van der Waals surface area contributed by atoms with E-state index in [9.17, 15) is 14.4 Å². The van der Waals surface area contributed by atoms with Crippen LogP contribution in [-0.2, 0) is 32.1 Å². The molecule has 0 bridgehead atoms. The Labute approximate surface area is 182 Å². The van der Waals surface area contributed by atoms with Gasteiger partial charge in [0.1, 0.15) is 6.61 Å². The summed E-state index contributed by atoms with van der Waals surface area (Å²) in [5.41, 5.74) is 8.34. The number of nitrogens with one attached hydrogen (secondary N) is 2. The van der Waals surface area contributed by atoms with Crippen molar-refractivity contribution in [2.24, 2.45) is 5.73 Å². The van der Waals surface area contributed by atoms with Gasteiger partial charge in [0.15, 0.2) is 0 Å². The van der Waals surface area contributed by atoms with E-state index >= 15 is 0 Å². The zero-order valence-electron chi connectivity index (χ0n) is 17.6. The smallest absolute Gasteiger partial charge is 0.407 e. The Morgan fingerprint density at radius 1 is 1.03 bits per heavy atom. The largest absolute Gasteiger partial charge is 0.469 e. The number of carbonyl (C=O) groups excluding carboxylic acids is 3. The van der Waals surface area contributed by atoms with Crippen LogP contribution < -0.4 is 16.4 Å². The minimum absolute atomic E-state index is 0.198. The number of anilines is 1. The average Bonchev–Trinajstić information content (AvgIpc) is 2.80. The molecule has 0 heterocycles. The molecule has 0 unspecified atom stereocenters. The molecule has 8 heteroatoms. The SMILES string of the molecule is COC(=O)CCc1ccccc1NC(=O)[C@@H](N)CCCNC(=O)OCc1ccccc1. The van der Waals surface area contributed by atoms with E-state index < -0.39 is 12.1 Å². The lowest BCUT2D eigenvalue weighted by atomic mass is 10.1. The molecular formula is C23H29N3O5. The molecular weight excluding hydrogens is 398 g/mol. The number of nitrogens with two attached hydrogens (primary N) is 1. The fourth-order valence-electron chi connectivity index (χ4n) is 2.84. The maximum Gasteiger partial charge on any atom is 0.407 e. The van der Waals surface area contributed by atoms with E-state index in [0.717, 1.165) is 11.1 Å². The first-order valence-corrected chi connectivity index (χ1v) is 10.2. The number of aryl methyl sites for hydroxylation is 1. The van der Waals surface area contributed by atoms with Crippen LogP contribution in [0, 0.1) is 0 Å². The first kappa shape index (κ1) is 23.9. The van der Waals surface area contributed by atoms with Crippen molar-refractivity contribution in [1.82, 2.24) is 5.32 Å². The van der Waals surface area contributed by atoms with Gasteiger partial charge < -0.3 is 25.8 Å². The van der Waals surface area contributed by atoms with Gasteiger partial charge >= 0.3 is 12.1 Å². The van der Waals surface area contributed by atoms with Crippen LogP contribution in [0.2, 0.25) is 0 Å². The van der Waals surface area contributed by atoms with Crippen molar-refractivity contribution in [1.29, 1.82) is 0 Å². The summed E-state index contributed by atoms with van der Waals surface area (Å²) in [6, 6.07) is 15.9. The van der Waals surface area contributed by atoms with E-state index in [1.54, 1.807) is 12.1 Å². The molecule has 1 atom stereocenters. The highest BCUT2D eigenvalue weighted by atomic mass is 16.5. The first-order valence-electron chi connectivity index (χ1n) is 10.2. The van der Waals surface area contributed by atoms with Crippen LogP contribution >= 0.6 is 0 Å². The monoisotopic (exact) mass is 427 g/mol. The number of methoxy groups -OCH3 is 1. The summed E-state index contributed by atoms with van der Waals surface area (Å²) in [6.07, 6.45) is 1.09. The molecule has 0 saturated heterocycles. The highest BCUT2D eigenvalue weighted by Gasteiger charge is 2.15. The second-order valence-electron chi connectivity index (χ2n) is 6.96. The summed E-state index contributed by atoms with van der Waals surface area (Å²) in [6.45, 7) is 0.550. The fraction of sp³-hybridized carbons (Fsp3) is 0.348. The van der Waals surface area contributed by atoms with Crippen molar-refractivity contribution in [3.8, 4) is 0 Å². The number of esters is 1. The third-order valence-corrected chi connectivity index (χ3v) is 4.61. The van der Waals surface area contributed by atoms with Gasteiger partial charge in [-0.25, -0.2) is 4.79 Å². The molecule has 2 aromatic carbocycles. The fourth-order valence-corrected chi connectivity index (χ4v) is 2.84. The van der Waals surface area contributed by atoms with Gasteiger partial charge in [-0.2, -0.15) is 0 Å². The molecule has 166 valence electrons. The van der Waals surface area contributed by atoms with Crippen LogP contribution in [0.25, 0.3) is 0 Å². The Morgan fingerprint density at radius 3 is 2.48 bits per heavy atom. The molecule has 0 aliphatic carbocycles. The minimum Gasteiger partial charge on any atom is -0.469 e. The summed E-state index contributed by atoms with van der Waals surface area (Å²) in [7, 11) is 1.34. The van der Waals surface area contributed by atoms with E-state index in [4.69, 9.17) is 10.5 Å². The number of alkyl carbamates (subject to hydrolysis) is 1. The summed E-state index contributed by atoms with van der Waals surface area (Å²) in [5, 5.41) is 5.46. The summed E-state index contributed by atoms with van der Waals surface area (Å²) >= 11 is 0. The normalized spacial score (nSPS) is 11.3. The van der Waals surface area contributed by atoms with Gasteiger partial charge in [0, 0.05) is 18.7 Å². The van der Waals surface area contributed by atoms with Gasteiger partial charge in [-0.1, -0.05) is 48.5 Å². The molecule has 0 aromatic heterocycles. The zero-order chi connectivity index (χ0) is 22.5.